The van der Waals surface area contributed by atoms with Crippen molar-refractivity contribution in [2.24, 2.45) is 16.0 Å². The number of guanidine groups is 1. The molecule has 0 aliphatic heterocycles. The SMILES string of the molecule is CCNC(=NCC(CC)Cc1cccc(Br)c1)NCCS(N)(=O)=O. The Morgan fingerprint density at radius 3 is 2.67 bits per heavy atom. The van der Waals surface area contributed by atoms with Crippen molar-refractivity contribution in [3.05, 3.63) is 34.3 Å². The molecular formula is C16H27BrN4O2S. The first-order chi connectivity index (χ1) is 11.3. The normalized spacial score (nSPS) is 13.6. The monoisotopic (exact) mass is 418 g/mol. The summed E-state index contributed by atoms with van der Waals surface area (Å²) in [6.45, 7) is 5.75. The van der Waals surface area contributed by atoms with Gasteiger partial charge in [-0.25, -0.2) is 13.6 Å². The van der Waals surface area contributed by atoms with E-state index in [0.29, 0.717) is 25.0 Å². The van der Waals surface area contributed by atoms with Gasteiger partial charge in [-0.15, -0.1) is 0 Å². The van der Waals surface area contributed by atoms with E-state index in [4.69, 9.17) is 5.14 Å². The second-order valence-electron chi connectivity index (χ2n) is 5.62. The van der Waals surface area contributed by atoms with Gasteiger partial charge >= 0.3 is 0 Å². The first-order valence-electron chi connectivity index (χ1n) is 8.11. The topological polar surface area (TPSA) is 96.6 Å². The van der Waals surface area contributed by atoms with E-state index in [9.17, 15) is 8.42 Å². The fraction of sp³-hybridized carbons (Fsp3) is 0.562. The van der Waals surface area contributed by atoms with Crippen LogP contribution in [0.5, 0.6) is 0 Å². The highest BCUT2D eigenvalue weighted by Crippen LogP contribution is 2.17. The third-order valence-corrected chi connectivity index (χ3v) is 4.79. The Morgan fingerprint density at radius 2 is 2.08 bits per heavy atom. The Morgan fingerprint density at radius 1 is 1.33 bits per heavy atom. The Labute approximate surface area is 153 Å². The summed E-state index contributed by atoms with van der Waals surface area (Å²) >= 11 is 3.49. The number of sulfonamides is 1. The van der Waals surface area contributed by atoms with E-state index in [1.807, 2.05) is 19.1 Å². The van der Waals surface area contributed by atoms with Crippen molar-refractivity contribution < 1.29 is 8.42 Å². The van der Waals surface area contributed by atoms with Crippen LogP contribution in [-0.4, -0.2) is 39.8 Å². The van der Waals surface area contributed by atoms with Crippen molar-refractivity contribution in [2.45, 2.75) is 26.7 Å². The minimum atomic E-state index is -3.47. The van der Waals surface area contributed by atoms with Crippen molar-refractivity contribution in [3.63, 3.8) is 0 Å². The molecular weight excluding hydrogens is 392 g/mol. The van der Waals surface area contributed by atoms with Gasteiger partial charge < -0.3 is 10.6 Å². The van der Waals surface area contributed by atoms with Crippen molar-refractivity contribution in [3.8, 4) is 0 Å². The van der Waals surface area contributed by atoms with E-state index in [-0.39, 0.29) is 12.3 Å². The standard InChI is InChI=1S/C16H27BrN4O2S/c1-3-13(10-14-6-5-7-15(17)11-14)12-21-16(19-4-2)20-8-9-24(18,22)23/h5-7,11,13H,3-4,8-10,12H2,1-2H3,(H2,18,22,23)(H2,19,20,21). The molecule has 8 heteroatoms. The molecule has 24 heavy (non-hydrogen) atoms. The van der Waals surface area contributed by atoms with Crippen LogP contribution in [0.2, 0.25) is 0 Å². The third-order valence-electron chi connectivity index (χ3n) is 3.52. The fourth-order valence-corrected chi connectivity index (χ4v) is 3.04. The first-order valence-corrected chi connectivity index (χ1v) is 10.6. The second kappa shape index (κ2) is 10.7. The number of aliphatic imine (C=N–C) groups is 1. The van der Waals surface area contributed by atoms with Crippen LogP contribution in [0, 0.1) is 5.92 Å². The molecule has 136 valence electrons. The molecule has 1 aromatic carbocycles. The summed E-state index contributed by atoms with van der Waals surface area (Å²) in [5.74, 6) is 0.925. The van der Waals surface area contributed by atoms with E-state index in [1.54, 1.807) is 0 Å². The smallest absolute Gasteiger partial charge is 0.210 e. The van der Waals surface area contributed by atoms with Gasteiger partial charge in [0.05, 0.1) is 5.75 Å². The summed E-state index contributed by atoms with van der Waals surface area (Å²) in [4.78, 5) is 4.57. The molecule has 0 aromatic heterocycles. The summed E-state index contributed by atoms with van der Waals surface area (Å²) < 4.78 is 23.1. The largest absolute Gasteiger partial charge is 0.357 e. The summed E-state index contributed by atoms with van der Waals surface area (Å²) in [6.07, 6.45) is 1.97. The Kier molecular flexibility index (Phi) is 9.31. The number of nitrogens with one attached hydrogen (secondary N) is 2. The van der Waals surface area contributed by atoms with Crippen LogP contribution in [-0.2, 0) is 16.4 Å². The van der Waals surface area contributed by atoms with E-state index in [2.05, 4.69) is 50.6 Å². The molecule has 0 amide bonds. The molecule has 0 bridgehead atoms. The molecule has 1 atom stereocenters. The van der Waals surface area contributed by atoms with Crippen molar-refractivity contribution in [1.82, 2.24) is 10.6 Å². The van der Waals surface area contributed by atoms with Crippen LogP contribution in [0.15, 0.2) is 33.7 Å². The van der Waals surface area contributed by atoms with Gasteiger partial charge in [0.15, 0.2) is 5.96 Å². The molecule has 1 aromatic rings. The second-order valence-corrected chi connectivity index (χ2v) is 8.27. The van der Waals surface area contributed by atoms with E-state index in [0.717, 1.165) is 17.3 Å². The van der Waals surface area contributed by atoms with E-state index >= 15 is 0 Å². The summed E-state index contributed by atoms with van der Waals surface area (Å²) in [7, 11) is -3.47. The van der Waals surface area contributed by atoms with Crippen molar-refractivity contribution in [2.75, 3.05) is 25.4 Å². The van der Waals surface area contributed by atoms with Gasteiger partial charge in [-0.3, -0.25) is 4.99 Å². The number of hydrogen-bond acceptors (Lipinski definition) is 3. The maximum atomic E-state index is 11.0. The number of halogens is 1. The minimum absolute atomic E-state index is 0.118. The van der Waals surface area contributed by atoms with Crippen LogP contribution in [0.25, 0.3) is 0 Å². The zero-order valence-corrected chi connectivity index (χ0v) is 16.7. The summed E-state index contributed by atoms with van der Waals surface area (Å²) in [6, 6.07) is 8.30. The maximum Gasteiger partial charge on any atom is 0.210 e. The van der Waals surface area contributed by atoms with Crippen LogP contribution in [0.3, 0.4) is 0 Å². The van der Waals surface area contributed by atoms with Gasteiger partial charge in [0.25, 0.3) is 0 Å². The van der Waals surface area contributed by atoms with Crippen LogP contribution < -0.4 is 15.8 Å². The lowest BCUT2D eigenvalue weighted by molar-refractivity contribution is 0.517. The van der Waals surface area contributed by atoms with Crippen LogP contribution >= 0.6 is 15.9 Å². The molecule has 0 spiro atoms. The summed E-state index contributed by atoms with van der Waals surface area (Å²) in [5, 5.41) is 11.1. The predicted molar refractivity (Wildman–Crippen MR) is 104 cm³/mol. The molecule has 0 aliphatic rings. The lowest BCUT2D eigenvalue weighted by Gasteiger charge is -2.15. The van der Waals surface area contributed by atoms with Gasteiger partial charge in [-0.1, -0.05) is 41.4 Å². The third kappa shape index (κ3) is 9.24. The molecule has 0 saturated carbocycles. The highest BCUT2D eigenvalue weighted by atomic mass is 79.9. The summed E-state index contributed by atoms with van der Waals surface area (Å²) in [5.41, 5.74) is 1.28. The Balaban J connectivity index is 2.60. The Hall–Kier alpha value is -1.12. The molecule has 6 nitrogen and oxygen atoms in total. The lowest BCUT2D eigenvalue weighted by atomic mass is 9.97. The number of primary sulfonamides is 1. The highest BCUT2D eigenvalue weighted by molar-refractivity contribution is 9.10. The predicted octanol–water partition coefficient (Wildman–Crippen LogP) is 1.86. The fourth-order valence-electron chi connectivity index (χ4n) is 2.21. The number of nitrogens with zero attached hydrogens (tertiary/aromatic N) is 1. The molecule has 0 saturated heterocycles. The highest BCUT2D eigenvalue weighted by Gasteiger charge is 2.09. The maximum absolute atomic E-state index is 11.0. The van der Waals surface area contributed by atoms with Crippen LogP contribution in [0.1, 0.15) is 25.8 Å². The number of nitrogens with two attached hydrogens (primary N) is 1. The van der Waals surface area contributed by atoms with Crippen molar-refractivity contribution >= 4 is 31.9 Å². The molecule has 1 rings (SSSR count). The number of rotatable bonds is 9. The van der Waals surface area contributed by atoms with Gasteiger partial charge in [-0.2, -0.15) is 0 Å². The molecule has 0 radical (unpaired) electrons. The minimum Gasteiger partial charge on any atom is -0.357 e. The molecule has 0 aliphatic carbocycles. The van der Waals surface area contributed by atoms with Gasteiger partial charge in [0.1, 0.15) is 0 Å². The van der Waals surface area contributed by atoms with Gasteiger partial charge in [-0.05, 0) is 37.0 Å². The molecule has 0 fully saturated rings. The zero-order chi connectivity index (χ0) is 18.0. The lowest BCUT2D eigenvalue weighted by Crippen LogP contribution is -2.40. The zero-order valence-electron chi connectivity index (χ0n) is 14.3. The van der Waals surface area contributed by atoms with Gasteiger partial charge in [0, 0.05) is 24.1 Å². The van der Waals surface area contributed by atoms with Crippen molar-refractivity contribution in [1.29, 1.82) is 0 Å². The van der Waals surface area contributed by atoms with E-state index in [1.165, 1.54) is 5.56 Å². The molecule has 1 unspecified atom stereocenters. The molecule has 4 N–H and O–H groups in total. The first kappa shape index (κ1) is 20.9. The number of hydrogen-bond donors (Lipinski definition) is 3. The van der Waals surface area contributed by atoms with Crippen LogP contribution in [0.4, 0.5) is 0 Å². The quantitative estimate of drug-likeness (QED) is 0.421. The molecule has 0 heterocycles. The Bertz CT molecular complexity index is 635. The average Bonchev–Trinajstić information content (AvgIpc) is 2.50. The average molecular weight is 419 g/mol. The van der Waals surface area contributed by atoms with E-state index < -0.39 is 10.0 Å². The van der Waals surface area contributed by atoms with Gasteiger partial charge in [0.2, 0.25) is 10.0 Å². The number of benzene rings is 1.